The fourth-order valence-corrected chi connectivity index (χ4v) is 1.83. The Hall–Kier alpha value is -1.70. The van der Waals surface area contributed by atoms with Crippen molar-refractivity contribution in [2.45, 2.75) is 6.18 Å². The summed E-state index contributed by atoms with van der Waals surface area (Å²) >= 11 is 1.50. The summed E-state index contributed by atoms with van der Waals surface area (Å²) in [5, 5.41) is 8.70. The van der Waals surface area contributed by atoms with Gasteiger partial charge in [0, 0.05) is 23.8 Å². The van der Waals surface area contributed by atoms with Crippen LogP contribution in [-0.2, 0) is 6.18 Å². The largest absolute Gasteiger partial charge is 0.478 e. The van der Waals surface area contributed by atoms with E-state index in [2.05, 4.69) is 11.6 Å². The number of rotatable bonds is 7. The number of alkyl halides is 3. The molecule has 0 saturated carbocycles. The zero-order valence-electron chi connectivity index (χ0n) is 10.3. The second kappa shape index (κ2) is 7.18. The van der Waals surface area contributed by atoms with Gasteiger partial charge in [0.05, 0.1) is 17.7 Å². The van der Waals surface area contributed by atoms with E-state index in [1.165, 1.54) is 11.8 Å². The zero-order valence-corrected chi connectivity index (χ0v) is 11.1. The minimum absolute atomic E-state index is 0.176. The van der Waals surface area contributed by atoms with Crippen LogP contribution in [0.1, 0.15) is 15.9 Å². The van der Waals surface area contributed by atoms with Crippen molar-refractivity contribution in [2.24, 2.45) is 0 Å². The number of carboxylic acid groups (broad SMARTS) is 1. The number of hydrogen-bond donors (Lipinski definition) is 1. The highest BCUT2D eigenvalue weighted by atomic mass is 32.2. The van der Waals surface area contributed by atoms with E-state index in [1.807, 2.05) is 0 Å². The maximum absolute atomic E-state index is 12.7. The van der Waals surface area contributed by atoms with Gasteiger partial charge in [-0.05, 0) is 0 Å². The molecule has 1 rings (SSSR count). The molecule has 4 nitrogen and oxygen atoms in total. The van der Waals surface area contributed by atoms with Crippen molar-refractivity contribution in [2.75, 3.05) is 18.1 Å². The Morgan fingerprint density at radius 1 is 1.55 bits per heavy atom. The van der Waals surface area contributed by atoms with Crippen molar-refractivity contribution in [3.63, 3.8) is 0 Å². The van der Waals surface area contributed by atoms with Gasteiger partial charge < -0.3 is 9.84 Å². The summed E-state index contributed by atoms with van der Waals surface area (Å²) in [5.74, 6) is -0.655. The van der Waals surface area contributed by atoms with Gasteiger partial charge in [-0.3, -0.25) is 0 Å². The van der Waals surface area contributed by atoms with E-state index in [0.717, 1.165) is 0 Å². The average Bonchev–Trinajstić information content (AvgIpc) is 2.37. The topological polar surface area (TPSA) is 59.4 Å². The van der Waals surface area contributed by atoms with Gasteiger partial charge in [0.25, 0.3) is 0 Å². The standard InChI is InChI=1S/C12H12F3NO3S/c1-2-4-20-5-3-19-10-6-9(12(13,14)15)8(7-16-10)11(17)18/h2,6-7H,1,3-5H2,(H,17,18). The summed E-state index contributed by atoms with van der Waals surface area (Å²) in [5.41, 5.74) is -2.17. The first-order valence-electron chi connectivity index (χ1n) is 5.48. The molecule has 0 saturated heterocycles. The Bertz CT molecular complexity index is 491. The number of aromatic nitrogens is 1. The molecule has 0 atom stereocenters. The molecule has 0 radical (unpaired) electrons. The number of nitrogens with zero attached hydrogens (tertiary/aromatic N) is 1. The third kappa shape index (κ3) is 4.76. The molecule has 1 aromatic heterocycles. The van der Waals surface area contributed by atoms with E-state index < -0.39 is 23.3 Å². The summed E-state index contributed by atoms with van der Waals surface area (Å²) in [7, 11) is 0. The maximum atomic E-state index is 12.7. The van der Waals surface area contributed by atoms with Gasteiger partial charge >= 0.3 is 12.1 Å². The highest BCUT2D eigenvalue weighted by Gasteiger charge is 2.36. The Morgan fingerprint density at radius 3 is 2.80 bits per heavy atom. The third-order valence-corrected chi connectivity index (χ3v) is 3.05. The lowest BCUT2D eigenvalue weighted by molar-refractivity contribution is -0.138. The number of carbonyl (C=O) groups is 1. The molecule has 1 heterocycles. The van der Waals surface area contributed by atoms with Crippen molar-refractivity contribution in [3.05, 3.63) is 36.0 Å². The molecule has 0 aromatic carbocycles. The van der Waals surface area contributed by atoms with Crippen LogP contribution in [-0.4, -0.2) is 34.2 Å². The summed E-state index contributed by atoms with van der Waals surface area (Å²) in [6.45, 7) is 3.70. The molecular weight excluding hydrogens is 295 g/mol. The van der Waals surface area contributed by atoms with Crippen molar-refractivity contribution in [3.8, 4) is 5.88 Å². The summed E-state index contributed by atoms with van der Waals surface area (Å²) in [6, 6.07) is 0.599. The van der Waals surface area contributed by atoms with Gasteiger partial charge in [-0.25, -0.2) is 9.78 Å². The third-order valence-electron chi connectivity index (χ3n) is 2.13. The minimum atomic E-state index is -4.77. The summed E-state index contributed by atoms with van der Waals surface area (Å²) in [4.78, 5) is 14.3. The molecule has 0 aliphatic rings. The van der Waals surface area contributed by atoms with Crippen LogP contribution < -0.4 is 4.74 Å². The maximum Gasteiger partial charge on any atom is 0.417 e. The van der Waals surface area contributed by atoms with Crippen LogP contribution in [0.2, 0.25) is 0 Å². The number of hydrogen-bond acceptors (Lipinski definition) is 4. The number of pyridine rings is 1. The monoisotopic (exact) mass is 307 g/mol. The fraction of sp³-hybridized carbons (Fsp3) is 0.333. The van der Waals surface area contributed by atoms with E-state index in [0.29, 0.717) is 23.8 Å². The highest BCUT2D eigenvalue weighted by Crippen LogP contribution is 2.33. The Morgan fingerprint density at radius 2 is 2.25 bits per heavy atom. The van der Waals surface area contributed by atoms with Crippen molar-refractivity contribution in [1.82, 2.24) is 4.98 Å². The van der Waals surface area contributed by atoms with Crippen LogP contribution in [0.4, 0.5) is 13.2 Å². The molecule has 8 heteroatoms. The lowest BCUT2D eigenvalue weighted by atomic mass is 10.1. The Kier molecular flexibility index (Phi) is 5.87. The van der Waals surface area contributed by atoms with E-state index in [9.17, 15) is 18.0 Å². The smallest absolute Gasteiger partial charge is 0.417 e. The molecule has 1 aromatic rings. The zero-order chi connectivity index (χ0) is 15.2. The molecule has 0 fully saturated rings. The predicted molar refractivity (Wildman–Crippen MR) is 69.2 cm³/mol. The van der Waals surface area contributed by atoms with Crippen molar-refractivity contribution >= 4 is 17.7 Å². The molecule has 0 aliphatic carbocycles. The first-order valence-corrected chi connectivity index (χ1v) is 6.63. The Balaban J connectivity index is 2.80. The second-order valence-electron chi connectivity index (χ2n) is 3.58. The number of ether oxygens (including phenoxy) is 1. The molecular formula is C12H12F3NO3S. The minimum Gasteiger partial charge on any atom is -0.478 e. The number of halogens is 3. The molecule has 0 amide bonds. The molecule has 20 heavy (non-hydrogen) atoms. The van der Waals surface area contributed by atoms with Crippen LogP contribution in [0, 0.1) is 0 Å². The van der Waals surface area contributed by atoms with Crippen molar-refractivity contribution < 1.29 is 27.8 Å². The van der Waals surface area contributed by atoms with Crippen LogP contribution in [0.3, 0.4) is 0 Å². The molecule has 0 spiro atoms. The van der Waals surface area contributed by atoms with Gasteiger partial charge in [-0.1, -0.05) is 6.08 Å². The van der Waals surface area contributed by atoms with Gasteiger partial charge in [0.15, 0.2) is 0 Å². The van der Waals surface area contributed by atoms with Gasteiger partial charge in [-0.2, -0.15) is 24.9 Å². The average molecular weight is 307 g/mol. The Labute approximate surface area is 117 Å². The van der Waals surface area contributed by atoms with Gasteiger partial charge in [0.1, 0.15) is 0 Å². The first-order chi connectivity index (χ1) is 9.36. The molecule has 0 unspecified atom stereocenters. The highest BCUT2D eigenvalue weighted by molar-refractivity contribution is 7.99. The molecule has 110 valence electrons. The van der Waals surface area contributed by atoms with E-state index in [1.54, 1.807) is 6.08 Å². The van der Waals surface area contributed by atoms with E-state index >= 15 is 0 Å². The normalized spacial score (nSPS) is 11.2. The van der Waals surface area contributed by atoms with E-state index in [4.69, 9.17) is 9.84 Å². The molecule has 0 aliphatic heterocycles. The predicted octanol–water partition coefficient (Wildman–Crippen LogP) is 3.10. The lowest BCUT2D eigenvalue weighted by Gasteiger charge is -2.12. The van der Waals surface area contributed by atoms with Crippen LogP contribution in [0.25, 0.3) is 0 Å². The number of carboxylic acids is 1. The van der Waals surface area contributed by atoms with Crippen LogP contribution >= 0.6 is 11.8 Å². The SMILES string of the molecule is C=CCSCCOc1cc(C(F)(F)F)c(C(=O)O)cn1. The van der Waals surface area contributed by atoms with Gasteiger partial charge in [0.2, 0.25) is 5.88 Å². The van der Waals surface area contributed by atoms with E-state index in [-0.39, 0.29) is 12.5 Å². The summed E-state index contributed by atoms with van der Waals surface area (Å²) < 4.78 is 43.2. The first kappa shape index (κ1) is 16.4. The fourth-order valence-electron chi connectivity index (χ4n) is 1.29. The molecule has 1 N–H and O–H groups in total. The number of thioether (sulfide) groups is 1. The summed E-state index contributed by atoms with van der Waals surface area (Å²) in [6.07, 6.45) is -2.42. The van der Waals surface area contributed by atoms with Gasteiger partial charge in [-0.15, -0.1) is 6.58 Å². The van der Waals surface area contributed by atoms with Crippen LogP contribution in [0.5, 0.6) is 5.88 Å². The van der Waals surface area contributed by atoms with Crippen LogP contribution in [0.15, 0.2) is 24.9 Å². The molecule has 0 bridgehead atoms. The van der Waals surface area contributed by atoms with Crippen molar-refractivity contribution in [1.29, 1.82) is 0 Å². The lowest BCUT2D eigenvalue weighted by Crippen LogP contribution is -2.14. The quantitative estimate of drug-likeness (QED) is 0.619. The second-order valence-corrected chi connectivity index (χ2v) is 4.73. The number of aromatic carboxylic acids is 1.